The van der Waals surface area contributed by atoms with E-state index < -0.39 is 17.7 Å². The summed E-state index contributed by atoms with van der Waals surface area (Å²) in [5.74, 6) is -2.38. The van der Waals surface area contributed by atoms with Crippen LogP contribution < -0.4 is 0 Å². The van der Waals surface area contributed by atoms with Crippen LogP contribution in [-0.4, -0.2) is 21.3 Å². The van der Waals surface area contributed by atoms with Crippen molar-refractivity contribution in [3.63, 3.8) is 0 Å². The van der Waals surface area contributed by atoms with E-state index in [1.54, 1.807) is 0 Å². The van der Waals surface area contributed by atoms with Crippen molar-refractivity contribution in [3.8, 4) is 11.5 Å². The van der Waals surface area contributed by atoms with Crippen LogP contribution in [0.3, 0.4) is 0 Å². The van der Waals surface area contributed by atoms with E-state index in [0.29, 0.717) is 10.0 Å². The van der Waals surface area contributed by atoms with Crippen molar-refractivity contribution in [2.75, 3.05) is 0 Å². The van der Waals surface area contributed by atoms with Gasteiger partial charge in [0.05, 0.1) is 4.47 Å². The molecule has 2 aromatic rings. The van der Waals surface area contributed by atoms with Gasteiger partial charge in [0.15, 0.2) is 0 Å². The first-order valence-corrected chi connectivity index (χ1v) is 4.89. The van der Waals surface area contributed by atoms with Gasteiger partial charge in [-0.3, -0.25) is 0 Å². The van der Waals surface area contributed by atoms with Crippen LogP contribution in [0.5, 0.6) is 0 Å². The van der Waals surface area contributed by atoms with Gasteiger partial charge in [0.2, 0.25) is 5.89 Å². The maximum absolute atomic E-state index is 13.2. The zero-order valence-corrected chi connectivity index (χ0v) is 9.23. The molecule has 0 aliphatic carbocycles. The average Bonchev–Trinajstić information content (AvgIpc) is 2.71. The number of nitrogens with zero attached hydrogens (tertiary/aromatic N) is 2. The monoisotopic (exact) mass is 286 g/mol. The highest BCUT2D eigenvalue weighted by Gasteiger charge is 2.15. The SMILES string of the molecule is O=C(O)c1nnc(-c2ccc(Br)c(F)c2)o1. The highest BCUT2D eigenvalue weighted by Crippen LogP contribution is 2.23. The first kappa shape index (κ1) is 10.7. The second-order valence-corrected chi connectivity index (χ2v) is 3.70. The van der Waals surface area contributed by atoms with Gasteiger partial charge >= 0.3 is 11.9 Å². The van der Waals surface area contributed by atoms with Crippen LogP contribution in [0.15, 0.2) is 27.1 Å². The highest BCUT2D eigenvalue weighted by molar-refractivity contribution is 9.10. The van der Waals surface area contributed by atoms with Crippen LogP contribution in [0.1, 0.15) is 10.7 Å². The van der Waals surface area contributed by atoms with E-state index in [1.807, 2.05) is 0 Å². The van der Waals surface area contributed by atoms with E-state index in [4.69, 9.17) is 9.52 Å². The number of carboxylic acid groups (broad SMARTS) is 1. The minimum Gasteiger partial charge on any atom is -0.474 e. The molecule has 0 amide bonds. The fourth-order valence-electron chi connectivity index (χ4n) is 1.06. The molecule has 5 nitrogen and oxygen atoms in total. The fraction of sp³-hybridized carbons (Fsp3) is 0. The Morgan fingerprint density at radius 3 is 2.75 bits per heavy atom. The maximum Gasteiger partial charge on any atom is 0.393 e. The van der Waals surface area contributed by atoms with Crippen molar-refractivity contribution in [1.82, 2.24) is 10.2 Å². The lowest BCUT2D eigenvalue weighted by molar-refractivity contribution is 0.0654. The van der Waals surface area contributed by atoms with E-state index in [2.05, 4.69) is 26.1 Å². The Balaban J connectivity index is 2.42. The second kappa shape index (κ2) is 4.01. The molecule has 0 fully saturated rings. The van der Waals surface area contributed by atoms with E-state index in [0.717, 1.165) is 0 Å². The minimum absolute atomic E-state index is 0.0381. The Labute approximate surface area is 97.0 Å². The third-order valence-corrected chi connectivity index (χ3v) is 2.42. The van der Waals surface area contributed by atoms with Gasteiger partial charge in [-0.1, -0.05) is 0 Å². The van der Waals surface area contributed by atoms with E-state index in [-0.39, 0.29) is 5.89 Å². The topological polar surface area (TPSA) is 76.2 Å². The summed E-state index contributed by atoms with van der Waals surface area (Å²) >= 11 is 2.99. The van der Waals surface area contributed by atoms with Gasteiger partial charge in [-0.05, 0) is 34.1 Å². The highest BCUT2D eigenvalue weighted by atomic mass is 79.9. The molecular formula is C9H4BrFN2O3. The number of aromatic carboxylic acids is 1. The van der Waals surface area contributed by atoms with Crippen molar-refractivity contribution < 1.29 is 18.7 Å². The van der Waals surface area contributed by atoms with E-state index in [9.17, 15) is 9.18 Å². The lowest BCUT2D eigenvalue weighted by Crippen LogP contribution is -1.95. The summed E-state index contributed by atoms with van der Waals surface area (Å²) in [7, 11) is 0. The number of aromatic nitrogens is 2. The Morgan fingerprint density at radius 1 is 1.44 bits per heavy atom. The maximum atomic E-state index is 13.2. The molecule has 0 saturated carbocycles. The third-order valence-electron chi connectivity index (χ3n) is 1.77. The lowest BCUT2D eigenvalue weighted by atomic mass is 10.2. The van der Waals surface area contributed by atoms with Crippen LogP contribution >= 0.6 is 15.9 Å². The van der Waals surface area contributed by atoms with Crippen molar-refractivity contribution in [3.05, 3.63) is 34.4 Å². The molecule has 0 saturated heterocycles. The number of halogens is 2. The second-order valence-electron chi connectivity index (χ2n) is 2.85. The molecule has 7 heteroatoms. The molecule has 1 aromatic carbocycles. The zero-order chi connectivity index (χ0) is 11.7. The quantitative estimate of drug-likeness (QED) is 0.917. The molecule has 0 unspecified atom stereocenters. The predicted octanol–water partition coefficient (Wildman–Crippen LogP) is 2.34. The zero-order valence-electron chi connectivity index (χ0n) is 7.65. The van der Waals surface area contributed by atoms with Crippen molar-refractivity contribution in [1.29, 1.82) is 0 Å². The molecule has 0 bridgehead atoms. The van der Waals surface area contributed by atoms with Gasteiger partial charge in [0, 0.05) is 5.56 Å². The Hall–Kier alpha value is -1.76. The molecule has 1 heterocycles. The summed E-state index contributed by atoms with van der Waals surface area (Å²) in [5.41, 5.74) is 0.320. The molecule has 1 N–H and O–H groups in total. The summed E-state index contributed by atoms with van der Waals surface area (Å²) < 4.78 is 18.3. The van der Waals surface area contributed by atoms with Crippen LogP contribution in [0, 0.1) is 5.82 Å². The van der Waals surface area contributed by atoms with Crippen molar-refractivity contribution in [2.45, 2.75) is 0 Å². The molecule has 0 spiro atoms. The molecule has 82 valence electrons. The molecule has 1 aromatic heterocycles. The molecular weight excluding hydrogens is 283 g/mol. The molecule has 0 aliphatic heterocycles. The number of hydrogen-bond donors (Lipinski definition) is 1. The Morgan fingerprint density at radius 2 is 2.19 bits per heavy atom. The van der Waals surface area contributed by atoms with Gasteiger partial charge in [0.1, 0.15) is 5.82 Å². The fourth-order valence-corrected chi connectivity index (χ4v) is 1.30. The summed E-state index contributed by atoms with van der Waals surface area (Å²) in [6, 6.07) is 4.17. The number of benzene rings is 1. The Kier molecular flexibility index (Phi) is 2.69. The normalized spacial score (nSPS) is 10.4. The van der Waals surface area contributed by atoms with Crippen molar-refractivity contribution >= 4 is 21.9 Å². The first-order valence-electron chi connectivity index (χ1n) is 4.10. The third kappa shape index (κ3) is 1.94. The van der Waals surface area contributed by atoms with Gasteiger partial charge in [0.25, 0.3) is 0 Å². The summed E-state index contributed by atoms with van der Waals surface area (Å²) in [5, 5.41) is 15.4. The summed E-state index contributed by atoms with van der Waals surface area (Å²) in [6.45, 7) is 0. The van der Waals surface area contributed by atoms with Crippen LogP contribution in [0.4, 0.5) is 4.39 Å². The number of carbonyl (C=O) groups is 1. The smallest absolute Gasteiger partial charge is 0.393 e. The largest absolute Gasteiger partial charge is 0.474 e. The standard InChI is InChI=1S/C9H4BrFN2O3/c10-5-2-1-4(3-6(5)11)7-12-13-8(16-7)9(14)15/h1-3H,(H,14,15). The van der Waals surface area contributed by atoms with Gasteiger partial charge in [-0.15, -0.1) is 10.2 Å². The van der Waals surface area contributed by atoms with Crippen molar-refractivity contribution in [2.24, 2.45) is 0 Å². The Bertz CT molecular complexity index is 555. The van der Waals surface area contributed by atoms with E-state index in [1.165, 1.54) is 18.2 Å². The molecule has 0 atom stereocenters. The number of rotatable bonds is 2. The van der Waals surface area contributed by atoms with E-state index >= 15 is 0 Å². The molecule has 0 radical (unpaired) electrons. The summed E-state index contributed by atoms with van der Waals surface area (Å²) in [6.07, 6.45) is 0. The van der Waals surface area contributed by atoms with Gasteiger partial charge in [-0.2, -0.15) is 0 Å². The summed E-state index contributed by atoms with van der Waals surface area (Å²) in [4.78, 5) is 10.5. The van der Waals surface area contributed by atoms with Crippen LogP contribution in [-0.2, 0) is 0 Å². The van der Waals surface area contributed by atoms with Crippen LogP contribution in [0.25, 0.3) is 11.5 Å². The lowest BCUT2D eigenvalue weighted by Gasteiger charge is -1.96. The number of hydrogen-bond acceptors (Lipinski definition) is 4. The van der Waals surface area contributed by atoms with Gasteiger partial charge < -0.3 is 9.52 Å². The minimum atomic E-state index is -1.32. The van der Waals surface area contributed by atoms with Gasteiger partial charge in [-0.25, -0.2) is 9.18 Å². The first-order chi connectivity index (χ1) is 7.58. The average molecular weight is 287 g/mol. The van der Waals surface area contributed by atoms with Crippen LogP contribution in [0.2, 0.25) is 0 Å². The predicted molar refractivity (Wildman–Crippen MR) is 54.4 cm³/mol. The molecule has 0 aliphatic rings. The molecule has 16 heavy (non-hydrogen) atoms. The number of carboxylic acids is 1. The molecule has 2 rings (SSSR count).